The predicted octanol–water partition coefficient (Wildman–Crippen LogP) is 2.34. The molecule has 0 saturated heterocycles. The van der Waals surface area contributed by atoms with Crippen molar-refractivity contribution in [3.8, 4) is 6.07 Å². The second-order valence-electron chi connectivity index (χ2n) is 11.0. The SMILES string of the molecule is C[C@H](NC(=O)[C@H](Cc1ccccc1)N(C(=O)C[C@H](O)CC#N)C(=O)[C@@H](Cc1ccccc1)NC(=O)OC(C)(C)C)C(=O)O. The number of alkyl carbamates (subject to hydrolysis) is 1. The number of carbonyl (C=O) groups is 5. The van der Waals surface area contributed by atoms with E-state index in [1.165, 1.54) is 6.92 Å². The molecular weight excluding hydrogens is 556 g/mol. The molecule has 0 unspecified atom stereocenters. The molecule has 4 N–H and O–H groups in total. The topological polar surface area (TPSA) is 186 Å². The van der Waals surface area contributed by atoms with Crippen LogP contribution < -0.4 is 10.6 Å². The highest BCUT2D eigenvalue weighted by Gasteiger charge is 2.40. The molecule has 0 radical (unpaired) electrons. The Morgan fingerprint density at radius 2 is 1.47 bits per heavy atom. The first-order chi connectivity index (χ1) is 20.2. The summed E-state index contributed by atoms with van der Waals surface area (Å²) in [6, 6.07) is 14.5. The number of aliphatic hydroxyl groups excluding tert-OH is 1. The Kier molecular flexibility index (Phi) is 12.8. The molecule has 0 heterocycles. The predicted molar refractivity (Wildman–Crippen MR) is 155 cm³/mol. The van der Waals surface area contributed by atoms with Crippen LogP contribution in [0.4, 0.5) is 4.79 Å². The average molecular weight is 595 g/mol. The van der Waals surface area contributed by atoms with Crippen molar-refractivity contribution in [1.82, 2.24) is 15.5 Å². The van der Waals surface area contributed by atoms with E-state index < -0.39 is 72.5 Å². The number of aliphatic carboxylic acids is 1. The third-order valence-electron chi connectivity index (χ3n) is 6.13. The van der Waals surface area contributed by atoms with Crippen LogP contribution in [-0.4, -0.2) is 74.7 Å². The van der Waals surface area contributed by atoms with Crippen LogP contribution in [0.15, 0.2) is 60.7 Å². The summed E-state index contributed by atoms with van der Waals surface area (Å²) in [4.78, 5) is 66.5. The molecular formula is C31H38N4O8. The summed E-state index contributed by atoms with van der Waals surface area (Å²) in [5.41, 5.74) is 0.259. The second-order valence-corrected chi connectivity index (χ2v) is 11.0. The normalized spacial score (nSPS) is 13.8. The Bertz CT molecular complexity index is 1300. The Labute approximate surface area is 250 Å². The maximum Gasteiger partial charge on any atom is 0.408 e. The molecule has 4 amide bonds. The monoisotopic (exact) mass is 594 g/mol. The number of hydrogen-bond acceptors (Lipinski definition) is 8. The van der Waals surface area contributed by atoms with E-state index in [9.17, 15) is 34.2 Å². The van der Waals surface area contributed by atoms with Gasteiger partial charge in [0.25, 0.3) is 5.91 Å². The third-order valence-corrected chi connectivity index (χ3v) is 6.13. The van der Waals surface area contributed by atoms with Crippen molar-refractivity contribution >= 4 is 29.8 Å². The van der Waals surface area contributed by atoms with Crippen molar-refractivity contribution < 1.29 is 38.9 Å². The van der Waals surface area contributed by atoms with Gasteiger partial charge < -0.3 is 25.6 Å². The van der Waals surface area contributed by atoms with E-state index in [4.69, 9.17) is 10.00 Å². The van der Waals surface area contributed by atoms with Gasteiger partial charge in [-0.3, -0.25) is 24.1 Å². The molecule has 0 spiro atoms. The fraction of sp³-hybridized carbons (Fsp3) is 0.419. The molecule has 2 rings (SSSR count). The van der Waals surface area contributed by atoms with Crippen molar-refractivity contribution in [2.24, 2.45) is 0 Å². The van der Waals surface area contributed by atoms with Crippen molar-refractivity contribution in [3.63, 3.8) is 0 Å². The number of rotatable bonds is 13. The van der Waals surface area contributed by atoms with E-state index in [0.29, 0.717) is 16.0 Å². The molecule has 0 aliphatic rings. The summed E-state index contributed by atoms with van der Waals surface area (Å²) in [5, 5.41) is 33.5. The summed E-state index contributed by atoms with van der Waals surface area (Å²) in [6.07, 6.45) is -3.77. The highest BCUT2D eigenvalue weighted by molar-refractivity contribution is 6.03. The maximum absolute atomic E-state index is 14.3. The minimum absolute atomic E-state index is 0.0886. The first kappa shape index (κ1) is 34.4. The van der Waals surface area contributed by atoms with Gasteiger partial charge in [0, 0.05) is 12.8 Å². The fourth-order valence-corrected chi connectivity index (χ4v) is 4.11. The third kappa shape index (κ3) is 11.6. The van der Waals surface area contributed by atoms with Gasteiger partial charge in [-0.25, -0.2) is 4.79 Å². The maximum atomic E-state index is 14.3. The molecule has 0 aliphatic heterocycles. The molecule has 230 valence electrons. The van der Waals surface area contributed by atoms with Gasteiger partial charge in [-0.2, -0.15) is 5.26 Å². The zero-order valence-corrected chi connectivity index (χ0v) is 24.6. The van der Waals surface area contributed by atoms with Crippen LogP contribution in [0.3, 0.4) is 0 Å². The number of nitrogens with one attached hydrogen (secondary N) is 2. The number of benzene rings is 2. The highest BCUT2D eigenvalue weighted by atomic mass is 16.6. The Morgan fingerprint density at radius 1 is 0.930 bits per heavy atom. The Balaban J connectivity index is 2.63. The number of aliphatic hydroxyl groups is 1. The number of nitrogens with zero attached hydrogens (tertiary/aromatic N) is 2. The van der Waals surface area contributed by atoms with Gasteiger partial charge in [-0.05, 0) is 38.8 Å². The number of carbonyl (C=O) groups excluding carboxylic acids is 4. The lowest BCUT2D eigenvalue weighted by molar-refractivity contribution is -0.154. The lowest BCUT2D eigenvalue weighted by Crippen LogP contribution is -2.60. The molecule has 2 aromatic rings. The summed E-state index contributed by atoms with van der Waals surface area (Å²) >= 11 is 0. The molecule has 12 nitrogen and oxygen atoms in total. The molecule has 0 fully saturated rings. The van der Waals surface area contributed by atoms with Crippen molar-refractivity contribution in [2.75, 3.05) is 0 Å². The Morgan fingerprint density at radius 3 is 1.95 bits per heavy atom. The van der Waals surface area contributed by atoms with E-state index in [-0.39, 0.29) is 12.8 Å². The number of hydrogen-bond donors (Lipinski definition) is 4. The zero-order chi connectivity index (χ0) is 32.2. The van der Waals surface area contributed by atoms with E-state index in [1.807, 2.05) is 0 Å². The van der Waals surface area contributed by atoms with E-state index in [1.54, 1.807) is 87.5 Å². The van der Waals surface area contributed by atoms with Gasteiger partial charge in [0.1, 0.15) is 23.7 Å². The molecule has 4 atom stereocenters. The summed E-state index contributed by atoms with van der Waals surface area (Å²) in [6.45, 7) is 6.14. The number of imide groups is 1. The number of carboxylic acids is 1. The van der Waals surface area contributed by atoms with Gasteiger partial charge in [0.05, 0.1) is 25.0 Å². The van der Waals surface area contributed by atoms with Crippen LogP contribution in [0.1, 0.15) is 51.7 Å². The van der Waals surface area contributed by atoms with Gasteiger partial charge >= 0.3 is 12.1 Å². The van der Waals surface area contributed by atoms with Crippen LogP contribution in [0.25, 0.3) is 0 Å². The van der Waals surface area contributed by atoms with E-state index in [2.05, 4.69) is 10.6 Å². The molecule has 0 bridgehead atoms. The van der Waals surface area contributed by atoms with Crippen LogP contribution >= 0.6 is 0 Å². The first-order valence-corrected chi connectivity index (χ1v) is 13.7. The molecule has 2 aromatic carbocycles. The summed E-state index contributed by atoms with van der Waals surface area (Å²) in [5.74, 6) is -4.25. The molecule has 0 aliphatic carbocycles. The Hall–Kier alpha value is -4.76. The summed E-state index contributed by atoms with van der Waals surface area (Å²) < 4.78 is 5.35. The van der Waals surface area contributed by atoms with Gasteiger partial charge in [-0.1, -0.05) is 60.7 Å². The standard InChI is InChI=1S/C31H38N4O8/c1-20(29(40)41)33-27(38)25(18-22-13-9-6-10-14-22)35(26(37)19-23(36)15-16-32)28(39)24(17-21-11-7-5-8-12-21)34-30(42)43-31(2,3)4/h5-14,20,23-25,36H,15,17-19H2,1-4H3,(H,33,38)(H,34,42)(H,40,41)/t20-,23+,24+,25-/m0/s1. The van der Waals surface area contributed by atoms with Crippen LogP contribution in [0.2, 0.25) is 0 Å². The van der Waals surface area contributed by atoms with Crippen LogP contribution in [0.5, 0.6) is 0 Å². The second kappa shape index (κ2) is 16.0. The van der Waals surface area contributed by atoms with Gasteiger partial charge in [0.2, 0.25) is 11.8 Å². The highest BCUT2D eigenvalue weighted by Crippen LogP contribution is 2.18. The molecule has 43 heavy (non-hydrogen) atoms. The molecule has 12 heteroatoms. The van der Waals surface area contributed by atoms with Gasteiger partial charge in [0.15, 0.2) is 0 Å². The first-order valence-electron chi connectivity index (χ1n) is 13.7. The minimum Gasteiger partial charge on any atom is -0.480 e. The van der Waals surface area contributed by atoms with Crippen molar-refractivity contribution in [3.05, 3.63) is 71.8 Å². The molecule has 0 saturated carbocycles. The van der Waals surface area contributed by atoms with E-state index >= 15 is 0 Å². The number of nitriles is 1. The van der Waals surface area contributed by atoms with Crippen molar-refractivity contribution in [1.29, 1.82) is 5.26 Å². The smallest absolute Gasteiger partial charge is 0.408 e. The largest absolute Gasteiger partial charge is 0.480 e. The van der Waals surface area contributed by atoms with Crippen LogP contribution in [-0.2, 0) is 36.8 Å². The quantitative estimate of drug-likeness (QED) is 0.270. The van der Waals surface area contributed by atoms with Crippen LogP contribution in [0, 0.1) is 11.3 Å². The number of carboxylic acid groups (broad SMARTS) is 1. The van der Waals surface area contributed by atoms with E-state index in [0.717, 1.165) is 0 Å². The van der Waals surface area contributed by atoms with Crippen molar-refractivity contribution in [2.45, 2.75) is 83.2 Å². The minimum atomic E-state index is -1.57. The number of amides is 4. The number of ether oxygens (including phenoxy) is 1. The lowest BCUT2D eigenvalue weighted by Gasteiger charge is -2.33. The summed E-state index contributed by atoms with van der Waals surface area (Å²) in [7, 11) is 0. The fourth-order valence-electron chi connectivity index (χ4n) is 4.11. The molecule has 0 aromatic heterocycles. The van der Waals surface area contributed by atoms with Gasteiger partial charge in [-0.15, -0.1) is 0 Å². The lowest BCUT2D eigenvalue weighted by atomic mass is 9.99. The zero-order valence-electron chi connectivity index (χ0n) is 24.6. The average Bonchev–Trinajstić information content (AvgIpc) is 2.92.